The van der Waals surface area contributed by atoms with Crippen molar-refractivity contribution >= 4 is 11.8 Å². The molecule has 0 fully saturated rings. The summed E-state index contributed by atoms with van der Waals surface area (Å²) < 4.78 is 7.39. The van der Waals surface area contributed by atoms with Crippen molar-refractivity contribution < 1.29 is 4.42 Å². The molecule has 0 N–H and O–H groups in total. The van der Waals surface area contributed by atoms with Gasteiger partial charge in [0, 0.05) is 11.3 Å². The first kappa shape index (κ1) is 16.5. The van der Waals surface area contributed by atoms with Crippen LogP contribution in [0.15, 0.2) is 64.4 Å². The van der Waals surface area contributed by atoms with E-state index in [1.54, 1.807) is 10.9 Å². The minimum atomic E-state index is 0.627. The molecule has 0 saturated heterocycles. The van der Waals surface area contributed by atoms with Gasteiger partial charge < -0.3 is 4.42 Å². The first-order valence-electron chi connectivity index (χ1n) is 8.19. The third-order valence-corrected chi connectivity index (χ3v) is 4.91. The highest BCUT2D eigenvalue weighted by Crippen LogP contribution is 2.26. The van der Waals surface area contributed by atoms with Gasteiger partial charge in [0.2, 0.25) is 11.0 Å². The largest absolute Gasteiger partial charge is 0.444 e. The molecular weight excluding hydrogens is 346 g/mol. The third-order valence-electron chi connectivity index (χ3n) is 3.95. The number of rotatable bonds is 5. The van der Waals surface area contributed by atoms with Crippen LogP contribution in [-0.4, -0.2) is 25.2 Å². The highest BCUT2D eigenvalue weighted by Gasteiger charge is 2.13. The smallest absolute Gasteiger partial charge is 0.226 e. The summed E-state index contributed by atoms with van der Waals surface area (Å²) in [6.07, 6.45) is 1.69. The minimum Gasteiger partial charge on any atom is -0.444 e. The first-order valence-corrected chi connectivity index (χ1v) is 9.18. The average molecular weight is 363 g/mol. The van der Waals surface area contributed by atoms with Gasteiger partial charge in [-0.3, -0.25) is 0 Å². The van der Waals surface area contributed by atoms with E-state index < -0.39 is 0 Å². The molecule has 2 aromatic heterocycles. The second kappa shape index (κ2) is 7.13. The summed E-state index contributed by atoms with van der Waals surface area (Å²) in [7, 11) is 0. The number of thioether (sulfide) groups is 1. The van der Waals surface area contributed by atoms with Gasteiger partial charge >= 0.3 is 0 Å². The Kier molecular flexibility index (Phi) is 4.53. The highest BCUT2D eigenvalue weighted by molar-refractivity contribution is 7.98. The second-order valence-electron chi connectivity index (χ2n) is 5.96. The van der Waals surface area contributed by atoms with Crippen LogP contribution in [0.2, 0.25) is 0 Å². The van der Waals surface area contributed by atoms with Crippen LogP contribution in [0.25, 0.3) is 17.1 Å². The number of oxazole rings is 1. The maximum atomic E-state index is 5.67. The van der Waals surface area contributed by atoms with Crippen LogP contribution in [0, 0.1) is 13.8 Å². The molecule has 2 aromatic carbocycles. The van der Waals surface area contributed by atoms with Crippen molar-refractivity contribution in [3.8, 4) is 17.1 Å². The molecule has 26 heavy (non-hydrogen) atoms. The molecule has 4 rings (SSSR count). The molecule has 0 atom stereocenters. The van der Waals surface area contributed by atoms with Gasteiger partial charge in [0.15, 0.2) is 0 Å². The highest BCUT2D eigenvalue weighted by atomic mass is 32.2. The Bertz CT molecular complexity index is 1030. The lowest BCUT2D eigenvalue weighted by atomic mass is 10.1. The molecule has 0 saturated carbocycles. The van der Waals surface area contributed by atoms with Gasteiger partial charge in [-0.2, -0.15) is 4.68 Å². The van der Waals surface area contributed by atoms with E-state index in [0.29, 0.717) is 16.8 Å². The van der Waals surface area contributed by atoms with Crippen molar-refractivity contribution in [2.45, 2.75) is 24.8 Å². The molecule has 0 bridgehead atoms. The van der Waals surface area contributed by atoms with Gasteiger partial charge in [0.25, 0.3) is 0 Å². The number of tetrazole rings is 1. The molecule has 7 heteroatoms. The fourth-order valence-corrected chi connectivity index (χ4v) is 3.46. The van der Waals surface area contributed by atoms with E-state index in [1.165, 1.54) is 17.3 Å². The summed E-state index contributed by atoms with van der Waals surface area (Å²) in [5, 5.41) is 12.7. The average Bonchev–Trinajstić information content (AvgIpc) is 3.30. The van der Waals surface area contributed by atoms with Crippen LogP contribution in [0.3, 0.4) is 0 Å². The van der Waals surface area contributed by atoms with Crippen molar-refractivity contribution in [2.24, 2.45) is 0 Å². The van der Waals surface area contributed by atoms with Gasteiger partial charge in [0.05, 0.1) is 11.4 Å². The lowest BCUT2D eigenvalue weighted by Crippen LogP contribution is -1.98. The number of hydrogen-bond acceptors (Lipinski definition) is 6. The van der Waals surface area contributed by atoms with Crippen LogP contribution in [0.1, 0.15) is 16.8 Å². The summed E-state index contributed by atoms with van der Waals surface area (Å²) in [6, 6.07) is 16.0. The fourth-order valence-electron chi connectivity index (χ4n) is 2.69. The number of aryl methyl sites for hydroxylation is 2. The van der Waals surface area contributed by atoms with Crippen molar-refractivity contribution in [3.63, 3.8) is 0 Å². The molecule has 130 valence electrons. The second-order valence-corrected chi connectivity index (χ2v) is 6.90. The quantitative estimate of drug-likeness (QED) is 0.494. The maximum Gasteiger partial charge on any atom is 0.226 e. The molecule has 4 aromatic rings. The Morgan fingerprint density at radius 1 is 1.08 bits per heavy atom. The van der Waals surface area contributed by atoms with Gasteiger partial charge in [0.1, 0.15) is 6.26 Å². The Morgan fingerprint density at radius 3 is 2.73 bits per heavy atom. The van der Waals surface area contributed by atoms with Gasteiger partial charge in [-0.25, -0.2) is 4.98 Å². The number of para-hydroxylation sites is 1. The number of aromatic nitrogens is 5. The molecule has 0 amide bonds. The van der Waals surface area contributed by atoms with Crippen molar-refractivity contribution in [3.05, 3.63) is 71.6 Å². The van der Waals surface area contributed by atoms with E-state index in [-0.39, 0.29) is 0 Å². The summed E-state index contributed by atoms with van der Waals surface area (Å²) in [6.45, 7) is 4.14. The Balaban J connectivity index is 1.50. The summed E-state index contributed by atoms with van der Waals surface area (Å²) in [4.78, 5) is 4.61. The molecule has 0 aliphatic carbocycles. The maximum absolute atomic E-state index is 5.67. The van der Waals surface area contributed by atoms with E-state index in [2.05, 4.69) is 46.5 Å². The SMILES string of the molecule is Cc1ccc(-c2nc(CSc3nnnn3-c3ccccc3)co2)c(C)c1. The first-order chi connectivity index (χ1) is 12.7. The zero-order chi connectivity index (χ0) is 17.9. The molecule has 0 spiro atoms. The van der Waals surface area contributed by atoms with Crippen molar-refractivity contribution in [1.82, 2.24) is 25.2 Å². The lowest BCUT2D eigenvalue weighted by molar-refractivity contribution is 0.573. The molecule has 0 aliphatic heterocycles. The van der Waals surface area contributed by atoms with Gasteiger partial charge in [-0.15, -0.1) is 5.10 Å². The van der Waals surface area contributed by atoms with Gasteiger partial charge in [-0.1, -0.05) is 47.7 Å². The Labute approximate surface area is 155 Å². The van der Waals surface area contributed by atoms with E-state index >= 15 is 0 Å². The van der Waals surface area contributed by atoms with E-state index in [4.69, 9.17) is 4.42 Å². The molecular formula is C19H17N5OS. The molecule has 0 radical (unpaired) electrons. The minimum absolute atomic E-state index is 0.627. The van der Waals surface area contributed by atoms with Crippen LogP contribution in [0.5, 0.6) is 0 Å². The Morgan fingerprint density at radius 2 is 1.92 bits per heavy atom. The van der Waals surface area contributed by atoms with Gasteiger partial charge in [-0.05, 0) is 48.0 Å². The topological polar surface area (TPSA) is 69.6 Å². The molecule has 0 unspecified atom stereocenters. The van der Waals surface area contributed by atoms with Crippen LogP contribution in [0.4, 0.5) is 0 Å². The number of nitrogens with zero attached hydrogens (tertiary/aromatic N) is 5. The fraction of sp³-hybridized carbons (Fsp3) is 0.158. The molecule has 6 nitrogen and oxygen atoms in total. The predicted molar refractivity (Wildman–Crippen MR) is 100 cm³/mol. The van der Waals surface area contributed by atoms with Crippen molar-refractivity contribution in [1.29, 1.82) is 0 Å². The molecule has 2 heterocycles. The predicted octanol–water partition coefficient (Wildman–Crippen LogP) is 4.23. The van der Waals surface area contributed by atoms with Crippen LogP contribution >= 0.6 is 11.8 Å². The van der Waals surface area contributed by atoms with Crippen molar-refractivity contribution in [2.75, 3.05) is 0 Å². The van der Waals surface area contributed by atoms with E-state index in [0.717, 1.165) is 22.5 Å². The zero-order valence-corrected chi connectivity index (χ0v) is 15.3. The Hall–Kier alpha value is -2.93. The summed E-state index contributed by atoms with van der Waals surface area (Å²) in [5.74, 6) is 1.27. The zero-order valence-electron chi connectivity index (χ0n) is 14.5. The number of hydrogen-bond donors (Lipinski definition) is 0. The lowest BCUT2D eigenvalue weighted by Gasteiger charge is -2.03. The monoisotopic (exact) mass is 363 g/mol. The van der Waals surface area contributed by atoms with E-state index in [9.17, 15) is 0 Å². The third kappa shape index (κ3) is 3.39. The summed E-state index contributed by atoms with van der Waals surface area (Å²) >= 11 is 1.52. The van der Waals surface area contributed by atoms with Crippen LogP contribution in [-0.2, 0) is 5.75 Å². The van der Waals surface area contributed by atoms with E-state index in [1.807, 2.05) is 36.4 Å². The van der Waals surface area contributed by atoms with Crippen LogP contribution < -0.4 is 0 Å². The normalized spacial score (nSPS) is 11.0. The number of benzene rings is 2. The summed E-state index contributed by atoms with van der Waals surface area (Å²) in [5.41, 5.74) is 5.17. The standard InChI is InChI=1S/C19H17N5OS/c1-13-8-9-17(14(2)10-13)18-20-15(11-25-18)12-26-19-21-22-23-24(19)16-6-4-3-5-7-16/h3-11H,12H2,1-2H3. The molecule has 0 aliphatic rings.